The van der Waals surface area contributed by atoms with E-state index in [2.05, 4.69) is 44.3 Å². The molecule has 0 aliphatic heterocycles. The Bertz CT molecular complexity index is 305. The summed E-state index contributed by atoms with van der Waals surface area (Å²) in [4.78, 5) is 0. The lowest BCUT2D eigenvalue weighted by atomic mass is 10.1. The number of nitrogens with one attached hydrogen (secondary N) is 1. The number of rotatable bonds is 5. The fourth-order valence-electron chi connectivity index (χ4n) is 1.51. The predicted molar refractivity (Wildman–Crippen MR) is 63.9 cm³/mol. The van der Waals surface area contributed by atoms with Crippen LogP contribution < -0.4 is 5.32 Å². The van der Waals surface area contributed by atoms with E-state index >= 15 is 0 Å². The van der Waals surface area contributed by atoms with Crippen molar-refractivity contribution in [2.75, 3.05) is 6.61 Å². The molecule has 0 unspecified atom stereocenters. The summed E-state index contributed by atoms with van der Waals surface area (Å²) in [5.41, 5.74) is 3.93. The van der Waals surface area contributed by atoms with E-state index in [0.717, 1.165) is 13.0 Å². The van der Waals surface area contributed by atoms with Gasteiger partial charge in [-0.3, -0.25) is 0 Å². The van der Waals surface area contributed by atoms with Gasteiger partial charge in [-0.1, -0.05) is 25.1 Å². The third-order valence-electron chi connectivity index (χ3n) is 2.88. The summed E-state index contributed by atoms with van der Waals surface area (Å²) >= 11 is 0. The summed E-state index contributed by atoms with van der Waals surface area (Å²) in [6.45, 7) is 7.37. The van der Waals surface area contributed by atoms with Crippen molar-refractivity contribution in [1.29, 1.82) is 0 Å². The summed E-state index contributed by atoms with van der Waals surface area (Å²) in [6.07, 6.45) is 0.960. The summed E-state index contributed by atoms with van der Waals surface area (Å²) in [7, 11) is 0. The lowest BCUT2D eigenvalue weighted by Crippen LogP contribution is -2.31. The van der Waals surface area contributed by atoms with E-state index in [-0.39, 0.29) is 12.6 Å². The van der Waals surface area contributed by atoms with Crippen molar-refractivity contribution in [3.8, 4) is 0 Å². The highest BCUT2D eigenvalue weighted by Crippen LogP contribution is 2.09. The Morgan fingerprint density at radius 1 is 1.27 bits per heavy atom. The Hall–Kier alpha value is -0.860. The van der Waals surface area contributed by atoms with Crippen molar-refractivity contribution >= 4 is 0 Å². The van der Waals surface area contributed by atoms with Gasteiger partial charge in [0.15, 0.2) is 0 Å². The van der Waals surface area contributed by atoms with Gasteiger partial charge >= 0.3 is 0 Å². The van der Waals surface area contributed by atoms with Crippen molar-refractivity contribution in [1.82, 2.24) is 5.32 Å². The average molecular weight is 207 g/mol. The molecule has 0 heterocycles. The lowest BCUT2D eigenvalue weighted by Gasteiger charge is -2.14. The highest BCUT2D eigenvalue weighted by Gasteiger charge is 2.03. The molecule has 0 aliphatic rings. The molecule has 1 aromatic rings. The van der Waals surface area contributed by atoms with Crippen LogP contribution in [0.1, 0.15) is 30.0 Å². The van der Waals surface area contributed by atoms with Gasteiger partial charge < -0.3 is 10.4 Å². The molecule has 0 amide bonds. The zero-order chi connectivity index (χ0) is 11.3. The summed E-state index contributed by atoms with van der Waals surface area (Å²) in [6, 6.07) is 6.70. The van der Waals surface area contributed by atoms with Gasteiger partial charge in [0.05, 0.1) is 6.61 Å². The molecule has 0 aliphatic carbocycles. The van der Waals surface area contributed by atoms with Gasteiger partial charge in [-0.2, -0.15) is 0 Å². The van der Waals surface area contributed by atoms with Crippen molar-refractivity contribution in [3.63, 3.8) is 0 Å². The second kappa shape index (κ2) is 5.89. The minimum absolute atomic E-state index is 0.210. The fraction of sp³-hybridized carbons (Fsp3) is 0.538. The van der Waals surface area contributed by atoms with Gasteiger partial charge in [0.25, 0.3) is 0 Å². The van der Waals surface area contributed by atoms with Crippen LogP contribution in [0.3, 0.4) is 0 Å². The van der Waals surface area contributed by atoms with E-state index in [0.29, 0.717) is 0 Å². The van der Waals surface area contributed by atoms with Crippen LogP contribution in [-0.4, -0.2) is 17.8 Å². The third kappa shape index (κ3) is 3.65. The average Bonchev–Trinajstić information content (AvgIpc) is 2.24. The van der Waals surface area contributed by atoms with Crippen LogP contribution in [0.4, 0.5) is 0 Å². The van der Waals surface area contributed by atoms with Gasteiger partial charge in [0.2, 0.25) is 0 Å². The summed E-state index contributed by atoms with van der Waals surface area (Å²) in [5, 5.41) is 12.4. The Balaban J connectivity index is 2.54. The Kier molecular flexibility index (Phi) is 4.79. The molecule has 84 valence electrons. The molecule has 2 heteroatoms. The number of hydrogen-bond donors (Lipinski definition) is 2. The van der Waals surface area contributed by atoms with Gasteiger partial charge in [-0.25, -0.2) is 0 Å². The van der Waals surface area contributed by atoms with Gasteiger partial charge in [-0.15, -0.1) is 0 Å². The first-order chi connectivity index (χ1) is 7.17. The summed E-state index contributed by atoms with van der Waals surface area (Å²) < 4.78 is 0. The normalized spacial score (nSPS) is 12.8. The molecule has 0 bridgehead atoms. The Morgan fingerprint density at radius 3 is 2.53 bits per heavy atom. The standard InChI is InChI=1S/C13H21NO/c1-4-13(9-15)14-8-12-6-5-10(2)11(3)7-12/h5-7,13-15H,4,8-9H2,1-3H3/t13-/m1/s1. The smallest absolute Gasteiger partial charge is 0.0584 e. The SMILES string of the molecule is CC[C@H](CO)NCc1ccc(C)c(C)c1. The van der Waals surface area contributed by atoms with Crippen molar-refractivity contribution in [2.45, 2.75) is 39.8 Å². The van der Waals surface area contributed by atoms with Crippen LogP contribution in [0.5, 0.6) is 0 Å². The molecule has 1 rings (SSSR count). The zero-order valence-corrected chi connectivity index (χ0v) is 9.88. The van der Waals surface area contributed by atoms with Crippen LogP contribution in [0, 0.1) is 13.8 Å². The van der Waals surface area contributed by atoms with E-state index in [1.165, 1.54) is 16.7 Å². The fourth-order valence-corrected chi connectivity index (χ4v) is 1.51. The molecule has 0 saturated carbocycles. The van der Waals surface area contributed by atoms with Crippen LogP contribution in [0.2, 0.25) is 0 Å². The van der Waals surface area contributed by atoms with E-state index < -0.39 is 0 Å². The number of aliphatic hydroxyl groups is 1. The topological polar surface area (TPSA) is 32.3 Å². The third-order valence-corrected chi connectivity index (χ3v) is 2.88. The number of benzene rings is 1. The van der Waals surface area contributed by atoms with E-state index in [4.69, 9.17) is 5.11 Å². The number of aliphatic hydroxyl groups excluding tert-OH is 1. The van der Waals surface area contributed by atoms with Crippen molar-refractivity contribution in [2.24, 2.45) is 0 Å². The Morgan fingerprint density at radius 2 is 2.00 bits per heavy atom. The molecular formula is C13H21NO. The van der Waals surface area contributed by atoms with Gasteiger partial charge in [0, 0.05) is 12.6 Å². The highest BCUT2D eigenvalue weighted by atomic mass is 16.3. The van der Waals surface area contributed by atoms with Crippen LogP contribution in [0.25, 0.3) is 0 Å². The Labute approximate surface area is 92.3 Å². The molecule has 0 radical (unpaired) electrons. The van der Waals surface area contributed by atoms with Crippen LogP contribution in [0.15, 0.2) is 18.2 Å². The minimum atomic E-state index is 0.210. The molecular weight excluding hydrogens is 186 g/mol. The minimum Gasteiger partial charge on any atom is -0.395 e. The quantitative estimate of drug-likeness (QED) is 0.775. The molecule has 0 spiro atoms. The number of hydrogen-bond acceptors (Lipinski definition) is 2. The molecule has 0 aromatic heterocycles. The lowest BCUT2D eigenvalue weighted by molar-refractivity contribution is 0.238. The molecule has 2 N–H and O–H groups in total. The molecule has 15 heavy (non-hydrogen) atoms. The molecule has 0 fully saturated rings. The van der Waals surface area contributed by atoms with Gasteiger partial charge in [0.1, 0.15) is 0 Å². The van der Waals surface area contributed by atoms with Gasteiger partial charge in [-0.05, 0) is 37.0 Å². The van der Waals surface area contributed by atoms with E-state index in [9.17, 15) is 0 Å². The summed E-state index contributed by atoms with van der Waals surface area (Å²) in [5.74, 6) is 0. The first-order valence-corrected chi connectivity index (χ1v) is 5.57. The monoisotopic (exact) mass is 207 g/mol. The predicted octanol–water partition coefficient (Wildman–Crippen LogP) is 2.16. The number of aryl methyl sites for hydroxylation is 2. The first-order valence-electron chi connectivity index (χ1n) is 5.57. The maximum Gasteiger partial charge on any atom is 0.0584 e. The highest BCUT2D eigenvalue weighted by molar-refractivity contribution is 5.29. The molecule has 1 aromatic carbocycles. The first kappa shape index (κ1) is 12.2. The largest absolute Gasteiger partial charge is 0.395 e. The maximum absolute atomic E-state index is 9.04. The van der Waals surface area contributed by atoms with Crippen LogP contribution >= 0.6 is 0 Å². The second-order valence-corrected chi connectivity index (χ2v) is 4.09. The maximum atomic E-state index is 9.04. The van der Waals surface area contributed by atoms with Crippen LogP contribution in [-0.2, 0) is 6.54 Å². The van der Waals surface area contributed by atoms with E-state index in [1.54, 1.807) is 0 Å². The van der Waals surface area contributed by atoms with Crippen molar-refractivity contribution < 1.29 is 5.11 Å². The second-order valence-electron chi connectivity index (χ2n) is 4.09. The molecule has 2 nitrogen and oxygen atoms in total. The zero-order valence-electron chi connectivity index (χ0n) is 9.88. The van der Waals surface area contributed by atoms with Crippen molar-refractivity contribution in [3.05, 3.63) is 34.9 Å². The molecule has 1 atom stereocenters. The molecule has 0 saturated heterocycles. The van der Waals surface area contributed by atoms with E-state index in [1.807, 2.05) is 0 Å².